The van der Waals surface area contributed by atoms with Crippen molar-refractivity contribution in [2.75, 3.05) is 31.1 Å². The van der Waals surface area contributed by atoms with E-state index < -0.39 is 12.0 Å². The number of primary amides is 1. The Morgan fingerprint density at radius 2 is 2.08 bits per heavy atom. The molecule has 0 spiro atoms. The van der Waals surface area contributed by atoms with Crippen molar-refractivity contribution in [2.24, 2.45) is 11.7 Å². The van der Waals surface area contributed by atoms with Gasteiger partial charge in [0.1, 0.15) is 5.82 Å². The number of hydrogen-bond donors (Lipinski definition) is 2. The number of carbonyl (C=O) groups excluding carboxylic acids is 2. The molecular formula is C18H28N4O3. The Hall–Kier alpha value is -2.31. The number of nitrogens with two attached hydrogens (primary N) is 1. The molecule has 0 bridgehead atoms. The molecule has 2 amide bonds. The summed E-state index contributed by atoms with van der Waals surface area (Å²) in [5.41, 5.74) is 6.17. The van der Waals surface area contributed by atoms with E-state index in [1.807, 2.05) is 6.20 Å². The first-order chi connectivity index (χ1) is 12.0. The number of hydrogen-bond acceptors (Lipinski definition) is 5. The van der Waals surface area contributed by atoms with Crippen molar-refractivity contribution in [2.45, 2.75) is 39.0 Å². The molecule has 1 saturated heterocycles. The molecule has 1 fully saturated rings. The number of nitrogens with one attached hydrogen (secondary N) is 1. The molecule has 3 N–H and O–H groups in total. The fourth-order valence-electron chi connectivity index (χ4n) is 2.94. The molecule has 1 aromatic rings. The highest BCUT2D eigenvalue weighted by atomic mass is 16.6. The molecule has 0 saturated carbocycles. The molecule has 0 unspecified atom stereocenters. The van der Waals surface area contributed by atoms with Crippen LogP contribution in [-0.2, 0) is 9.53 Å². The summed E-state index contributed by atoms with van der Waals surface area (Å²) in [5, 5.41) is 2.65. The minimum absolute atomic E-state index is 0.382. The van der Waals surface area contributed by atoms with Gasteiger partial charge in [-0.15, -0.1) is 0 Å². The Bertz CT molecular complexity index is 566. The highest BCUT2D eigenvalue weighted by molar-refractivity contribution is 5.78. The summed E-state index contributed by atoms with van der Waals surface area (Å²) in [7, 11) is 0. The number of amides is 2. The zero-order valence-corrected chi connectivity index (χ0v) is 15.0. The number of nitrogens with zero attached hydrogens (tertiary/aromatic N) is 2. The van der Waals surface area contributed by atoms with Crippen LogP contribution in [0.3, 0.4) is 0 Å². The van der Waals surface area contributed by atoms with Gasteiger partial charge in [0, 0.05) is 25.8 Å². The molecule has 1 aliphatic rings. The van der Waals surface area contributed by atoms with Crippen LogP contribution in [0.15, 0.2) is 18.3 Å². The molecule has 7 nitrogen and oxygen atoms in total. The van der Waals surface area contributed by atoms with Crippen LogP contribution < -0.4 is 16.0 Å². The number of carbonyl (C=O) groups is 2. The number of pyridine rings is 1. The lowest BCUT2D eigenvalue weighted by atomic mass is 9.93. The maximum absolute atomic E-state index is 11.3. The first-order valence-corrected chi connectivity index (χ1v) is 8.85. The Balaban J connectivity index is 1.67. The molecule has 2 heterocycles. The van der Waals surface area contributed by atoms with Crippen LogP contribution in [0.25, 0.3) is 0 Å². The highest BCUT2D eigenvalue weighted by Gasteiger charge is 2.20. The third-order valence-corrected chi connectivity index (χ3v) is 4.54. The van der Waals surface area contributed by atoms with Crippen LogP contribution >= 0.6 is 0 Å². The van der Waals surface area contributed by atoms with E-state index in [-0.39, 0.29) is 6.61 Å². The molecule has 138 valence electrons. The van der Waals surface area contributed by atoms with Crippen molar-refractivity contribution < 1.29 is 14.3 Å². The summed E-state index contributed by atoms with van der Waals surface area (Å²) in [4.78, 5) is 28.8. The molecule has 1 aliphatic heterocycles. The van der Waals surface area contributed by atoms with Gasteiger partial charge in [-0.1, -0.05) is 19.9 Å². The van der Waals surface area contributed by atoms with Gasteiger partial charge in [0.05, 0.1) is 0 Å². The monoisotopic (exact) mass is 348 g/mol. The van der Waals surface area contributed by atoms with Crippen molar-refractivity contribution in [1.29, 1.82) is 0 Å². The summed E-state index contributed by atoms with van der Waals surface area (Å²) in [5.74, 6) is 1.45. The van der Waals surface area contributed by atoms with E-state index in [0.717, 1.165) is 38.2 Å². The average Bonchev–Trinajstić information content (AvgIpc) is 2.60. The second-order valence-corrected chi connectivity index (χ2v) is 6.79. The van der Waals surface area contributed by atoms with Gasteiger partial charge in [0.25, 0.3) is 5.91 Å². The lowest BCUT2D eigenvalue weighted by Gasteiger charge is -2.33. The lowest BCUT2D eigenvalue weighted by Crippen LogP contribution is -2.36. The van der Waals surface area contributed by atoms with Gasteiger partial charge in [-0.2, -0.15) is 0 Å². The van der Waals surface area contributed by atoms with Crippen molar-refractivity contribution in [3.8, 4) is 0 Å². The fourth-order valence-corrected chi connectivity index (χ4v) is 2.94. The second-order valence-electron chi connectivity index (χ2n) is 6.79. The van der Waals surface area contributed by atoms with Crippen LogP contribution in [0.1, 0.15) is 44.6 Å². The van der Waals surface area contributed by atoms with E-state index in [2.05, 4.69) is 45.9 Å². The predicted molar refractivity (Wildman–Crippen MR) is 96.4 cm³/mol. The maximum atomic E-state index is 11.3. The molecule has 0 radical (unpaired) electrons. The molecule has 0 aromatic carbocycles. The first-order valence-electron chi connectivity index (χ1n) is 8.85. The number of aromatic nitrogens is 1. The Morgan fingerprint density at radius 1 is 1.36 bits per heavy atom. The summed E-state index contributed by atoms with van der Waals surface area (Å²) in [6, 6.07) is 4.26. The van der Waals surface area contributed by atoms with E-state index in [0.29, 0.717) is 18.4 Å². The molecule has 7 heteroatoms. The Kier molecular flexibility index (Phi) is 7.03. The normalized spacial score (nSPS) is 15.2. The van der Waals surface area contributed by atoms with E-state index in [4.69, 9.17) is 5.73 Å². The number of piperidine rings is 1. The van der Waals surface area contributed by atoms with E-state index >= 15 is 0 Å². The van der Waals surface area contributed by atoms with Crippen molar-refractivity contribution in [3.05, 3.63) is 23.9 Å². The summed E-state index contributed by atoms with van der Waals surface area (Å²) < 4.78 is 4.65. The maximum Gasteiger partial charge on any atom is 0.407 e. The van der Waals surface area contributed by atoms with Gasteiger partial charge in [-0.25, -0.2) is 9.78 Å². The number of rotatable bonds is 7. The predicted octanol–water partition coefficient (Wildman–Crippen LogP) is 2.02. The number of ether oxygens (including phenoxy) is 1. The topological polar surface area (TPSA) is 97.5 Å². The van der Waals surface area contributed by atoms with Crippen LogP contribution in [0.4, 0.5) is 10.6 Å². The molecular weight excluding hydrogens is 320 g/mol. The SMILES string of the molecule is CC(C)c1ccc(N2CCC(CCNC(=O)OCC(N)=O)CC2)nc1. The molecule has 2 rings (SSSR count). The van der Waals surface area contributed by atoms with Gasteiger partial charge in [0.2, 0.25) is 0 Å². The Morgan fingerprint density at radius 3 is 2.64 bits per heavy atom. The van der Waals surface area contributed by atoms with Gasteiger partial charge >= 0.3 is 6.09 Å². The number of alkyl carbamates (subject to hydrolysis) is 1. The summed E-state index contributed by atoms with van der Waals surface area (Å²) >= 11 is 0. The zero-order valence-electron chi connectivity index (χ0n) is 15.0. The fraction of sp³-hybridized carbons (Fsp3) is 0.611. The van der Waals surface area contributed by atoms with Gasteiger partial charge in [-0.3, -0.25) is 4.79 Å². The summed E-state index contributed by atoms with van der Waals surface area (Å²) in [6.07, 6.45) is 4.43. The van der Waals surface area contributed by atoms with Crippen LogP contribution in [0.2, 0.25) is 0 Å². The smallest absolute Gasteiger partial charge is 0.407 e. The third-order valence-electron chi connectivity index (χ3n) is 4.54. The van der Waals surface area contributed by atoms with Gasteiger partial charge in [0.15, 0.2) is 6.61 Å². The second kappa shape index (κ2) is 9.25. The quantitative estimate of drug-likeness (QED) is 0.786. The van der Waals surface area contributed by atoms with Crippen LogP contribution in [0.5, 0.6) is 0 Å². The first kappa shape index (κ1) is 19.0. The van der Waals surface area contributed by atoms with Gasteiger partial charge in [-0.05, 0) is 42.7 Å². The molecule has 0 aliphatic carbocycles. The largest absolute Gasteiger partial charge is 0.439 e. The van der Waals surface area contributed by atoms with E-state index in [1.54, 1.807) is 0 Å². The molecule has 0 atom stereocenters. The van der Waals surface area contributed by atoms with Crippen LogP contribution in [-0.4, -0.2) is 43.2 Å². The molecule has 1 aromatic heterocycles. The van der Waals surface area contributed by atoms with Crippen molar-refractivity contribution in [3.63, 3.8) is 0 Å². The minimum atomic E-state index is -0.655. The highest BCUT2D eigenvalue weighted by Crippen LogP contribution is 2.24. The Labute approximate surface area is 148 Å². The van der Waals surface area contributed by atoms with Crippen molar-refractivity contribution in [1.82, 2.24) is 10.3 Å². The van der Waals surface area contributed by atoms with Crippen molar-refractivity contribution >= 4 is 17.8 Å². The minimum Gasteiger partial charge on any atom is -0.439 e. The average molecular weight is 348 g/mol. The summed E-state index contributed by atoms with van der Waals surface area (Å²) in [6.45, 7) is 6.45. The third kappa shape index (κ3) is 6.25. The standard InChI is InChI=1S/C18H28N4O3/c1-13(2)15-3-4-17(21-11-15)22-9-6-14(7-10-22)5-8-20-18(24)25-12-16(19)23/h3-4,11,13-14H,5-10,12H2,1-2H3,(H2,19,23)(H,20,24). The van der Waals surface area contributed by atoms with E-state index in [1.165, 1.54) is 5.56 Å². The van der Waals surface area contributed by atoms with Crippen LogP contribution in [0, 0.1) is 5.92 Å². The molecule has 25 heavy (non-hydrogen) atoms. The van der Waals surface area contributed by atoms with Gasteiger partial charge < -0.3 is 20.7 Å². The lowest BCUT2D eigenvalue weighted by molar-refractivity contribution is -0.120. The van der Waals surface area contributed by atoms with E-state index in [9.17, 15) is 9.59 Å². The zero-order chi connectivity index (χ0) is 18.2. The number of anilines is 1.